The molecule has 0 spiro atoms. The molecule has 0 amide bonds. The van der Waals surface area contributed by atoms with Crippen molar-refractivity contribution >= 4 is 35.6 Å². The van der Waals surface area contributed by atoms with E-state index < -0.39 is 0 Å². The van der Waals surface area contributed by atoms with Gasteiger partial charge in [0.15, 0.2) is 17.5 Å². The average Bonchev–Trinajstić information content (AvgIpc) is 2.67. The van der Waals surface area contributed by atoms with Crippen LogP contribution >= 0.6 is 24.0 Å². The lowest BCUT2D eigenvalue weighted by Gasteiger charge is -2.16. The van der Waals surface area contributed by atoms with Crippen molar-refractivity contribution in [2.75, 3.05) is 39.7 Å². The van der Waals surface area contributed by atoms with Gasteiger partial charge in [-0.15, -0.1) is 24.0 Å². The van der Waals surface area contributed by atoms with Crippen molar-refractivity contribution in [2.24, 2.45) is 4.99 Å². The number of hydrogen-bond acceptors (Lipinski definition) is 4. The lowest BCUT2D eigenvalue weighted by atomic mass is 10.1. The van der Waals surface area contributed by atoms with E-state index in [1.54, 1.807) is 7.11 Å². The number of nitrogens with zero attached hydrogens (tertiary/aromatic N) is 2. The van der Waals surface area contributed by atoms with Crippen LogP contribution in [-0.2, 0) is 13.1 Å². The van der Waals surface area contributed by atoms with Gasteiger partial charge in [-0.25, -0.2) is 4.99 Å². The van der Waals surface area contributed by atoms with Crippen LogP contribution in [0.15, 0.2) is 47.5 Å². The Morgan fingerprint density at radius 1 is 1.03 bits per heavy atom. The molecule has 0 aliphatic heterocycles. The molecule has 2 aromatic rings. The van der Waals surface area contributed by atoms with Gasteiger partial charge in [-0.2, -0.15) is 0 Å². The van der Waals surface area contributed by atoms with E-state index in [2.05, 4.69) is 60.8 Å². The first kappa shape index (κ1) is 25.0. The molecule has 7 heteroatoms. The molecule has 0 radical (unpaired) electrons. The molecule has 2 N–H and O–H groups in total. The first-order valence-electron chi connectivity index (χ1n) is 9.65. The lowest BCUT2D eigenvalue weighted by molar-refractivity contribution is 0.311. The minimum Gasteiger partial charge on any atom is -0.493 e. The van der Waals surface area contributed by atoms with Gasteiger partial charge in [0, 0.05) is 24.8 Å². The van der Waals surface area contributed by atoms with Crippen molar-refractivity contribution in [1.82, 2.24) is 10.2 Å². The molecule has 0 saturated heterocycles. The summed E-state index contributed by atoms with van der Waals surface area (Å²) >= 11 is 0. The molecule has 2 rings (SSSR count). The van der Waals surface area contributed by atoms with Gasteiger partial charge in [0.2, 0.25) is 0 Å². The molecule has 0 aliphatic rings. The summed E-state index contributed by atoms with van der Waals surface area (Å²) in [6.45, 7) is 6.86. The number of nitrogens with one attached hydrogen (secondary N) is 2. The second kappa shape index (κ2) is 13.3. The molecule has 6 nitrogen and oxygen atoms in total. The number of aliphatic imine (C=N–C) groups is 1. The smallest absolute Gasteiger partial charge is 0.196 e. The zero-order chi connectivity index (χ0) is 20.4. The van der Waals surface area contributed by atoms with Crippen LogP contribution in [0.3, 0.4) is 0 Å². The Morgan fingerprint density at radius 3 is 2.38 bits per heavy atom. The van der Waals surface area contributed by atoms with Crippen molar-refractivity contribution in [3.05, 3.63) is 53.6 Å². The monoisotopic (exact) mass is 512 g/mol. The van der Waals surface area contributed by atoms with E-state index >= 15 is 0 Å². The molecule has 0 saturated carbocycles. The summed E-state index contributed by atoms with van der Waals surface area (Å²) < 4.78 is 11.0. The quantitative estimate of drug-likeness (QED) is 0.297. The van der Waals surface area contributed by atoms with Crippen molar-refractivity contribution in [3.8, 4) is 11.5 Å². The first-order chi connectivity index (χ1) is 13.6. The Hall–Kier alpha value is -2.00. The van der Waals surface area contributed by atoms with Gasteiger partial charge >= 0.3 is 0 Å². The maximum absolute atomic E-state index is 5.66. The van der Waals surface area contributed by atoms with Gasteiger partial charge in [-0.1, -0.05) is 24.3 Å². The fourth-order valence-electron chi connectivity index (χ4n) is 2.84. The Balaban J connectivity index is 0.00000420. The Labute approximate surface area is 191 Å². The number of benzene rings is 2. The summed E-state index contributed by atoms with van der Waals surface area (Å²) in [6, 6.07) is 14.2. The molecule has 29 heavy (non-hydrogen) atoms. The number of rotatable bonds is 9. The summed E-state index contributed by atoms with van der Waals surface area (Å²) in [5.41, 5.74) is 3.40. The van der Waals surface area contributed by atoms with Gasteiger partial charge in [0.25, 0.3) is 0 Å². The third kappa shape index (κ3) is 8.10. The van der Waals surface area contributed by atoms with Crippen LogP contribution in [0.5, 0.6) is 11.5 Å². The number of guanidine groups is 1. The Bertz CT molecular complexity index is 781. The standard InChI is InChI=1S/C22H32N4O2.HI/c1-6-23-22(24-15-17-10-8-9-11-18(17)16-26(3)4)25-19-12-13-20(27-5)21(14-19)28-7-2;/h8-14H,6-7,15-16H2,1-5H3,(H2,23,24,25);1H. The van der Waals surface area contributed by atoms with E-state index in [1.165, 1.54) is 11.1 Å². The maximum atomic E-state index is 5.66. The largest absolute Gasteiger partial charge is 0.493 e. The SMILES string of the molecule is CCNC(=NCc1ccccc1CN(C)C)Nc1ccc(OC)c(OCC)c1.I. The summed E-state index contributed by atoms with van der Waals surface area (Å²) in [7, 11) is 5.79. The highest BCUT2D eigenvalue weighted by molar-refractivity contribution is 14.0. The third-order valence-corrected chi connectivity index (χ3v) is 4.08. The summed E-state index contributed by atoms with van der Waals surface area (Å²) in [5, 5.41) is 6.65. The lowest BCUT2D eigenvalue weighted by Crippen LogP contribution is -2.30. The van der Waals surface area contributed by atoms with Crippen LogP contribution in [0, 0.1) is 0 Å². The van der Waals surface area contributed by atoms with Crippen LogP contribution in [0.25, 0.3) is 0 Å². The van der Waals surface area contributed by atoms with Gasteiger partial charge in [-0.05, 0) is 51.2 Å². The van der Waals surface area contributed by atoms with E-state index in [0.29, 0.717) is 24.7 Å². The predicted octanol–water partition coefficient (Wildman–Crippen LogP) is 4.35. The minimum absolute atomic E-state index is 0. The molecule has 0 atom stereocenters. The third-order valence-electron chi connectivity index (χ3n) is 4.08. The molecular formula is C22H33IN4O2. The van der Waals surface area contributed by atoms with Gasteiger partial charge in [0.05, 0.1) is 20.3 Å². The van der Waals surface area contributed by atoms with Crippen molar-refractivity contribution in [2.45, 2.75) is 26.9 Å². The van der Waals surface area contributed by atoms with Crippen LogP contribution in [0.1, 0.15) is 25.0 Å². The minimum atomic E-state index is 0. The number of methoxy groups -OCH3 is 1. The summed E-state index contributed by atoms with van der Waals surface area (Å²) in [4.78, 5) is 6.93. The molecule has 0 aliphatic carbocycles. The van der Waals surface area contributed by atoms with Crippen LogP contribution in [-0.4, -0.2) is 45.2 Å². The van der Waals surface area contributed by atoms with Crippen LogP contribution in [0.2, 0.25) is 0 Å². The Kier molecular flexibility index (Phi) is 11.5. The first-order valence-corrected chi connectivity index (χ1v) is 9.65. The van der Waals surface area contributed by atoms with E-state index in [-0.39, 0.29) is 24.0 Å². The van der Waals surface area contributed by atoms with Crippen molar-refractivity contribution < 1.29 is 9.47 Å². The maximum Gasteiger partial charge on any atom is 0.196 e. The molecular weight excluding hydrogens is 479 g/mol. The zero-order valence-corrected chi connectivity index (χ0v) is 20.3. The second-order valence-corrected chi connectivity index (χ2v) is 6.63. The zero-order valence-electron chi connectivity index (χ0n) is 18.0. The van der Waals surface area contributed by atoms with Crippen LogP contribution < -0.4 is 20.1 Å². The highest BCUT2D eigenvalue weighted by atomic mass is 127. The van der Waals surface area contributed by atoms with Crippen molar-refractivity contribution in [1.29, 1.82) is 0 Å². The van der Waals surface area contributed by atoms with E-state index in [0.717, 1.165) is 24.7 Å². The van der Waals surface area contributed by atoms with Gasteiger partial charge in [-0.3, -0.25) is 0 Å². The van der Waals surface area contributed by atoms with Gasteiger partial charge in [0.1, 0.15) is 0 Å². The number of ether oxygens (including phenoxy) is 2. The highest BCUT2D eigenvalue weighted by Gasteiger charge is 2.08. The molecule has 2 aromatic carbocycles. The van der Waals surface area contributed by atoms with Crippen LogP contribution in [0.4, 0.5) is 5.69 Å². The normalized spacial score (nSPS) is 11.0. The molecule has 160 valence electrons. The topological polar surface area (TPSA) is 58.1 Å². The predicted molar refractivity (Wildman–Crippen MR) is 132 cm³/mol. The van der Waals surface area contributed by atoms with E-state index in [9.17, 15) is 0 Å². The summed E-state index contributed by atoms with van der Waals surface area (Å²) in [6.07, 6.45) is 0. The molecule has 0 bridgehead atoms. The second-order valence-electron chi connectivity index (χ2n) is 6.63. The summed E-state index contributed by atoms with van der Waals surface area (Å²) in [5.74, 6) is 2.16. The highest BCUT2D eigenvalue weighted by Crippen LogP contribution is 2.30. The fourth-order valence-corrected chi connectivity index (χ4v) is 2.84. The number of hydrogen-bond donors (Lipinski definition) is 2. The van der Waals surface area contributed by atoms with Gasteiger partial charge < -0.3 is 25.0 Å². The molecule has 0 aromatic heterocycles. The van der Waals surface area contributed by atoms with E-state index in [4.69, 9.17) is 14.5 Å². The molecule has 0 fully saturated rings. The van der Waals surface area contributed by atoms with Crippen molar-refractivity contribution in [3.63, 3.8) is 0 Å². The number of anilines is 1. The Morgan fingerprint density at radius 2 is 1.76 bits per heavy atom. The number of halogens is 1. The fraction of sp³-hybridized carbons (Fsp3) is 0.409. The molecule has 0 heterocycles. The average molecular weight is 512 g/mol. The molecule has 0 unspecified atom stereocenters. The van der Waals surface area contributed by atoms with E-state index in [1.807, 2.05) is 25.1 Å².